The van der Waals surface area contributed by atoms with Gasteiger partial charge in [-0.3, -0.25) is 14.4 Å². The van der Waals surface area contributed by atoms with Crippen molar-refractivity contribution >= 4 is 11.9 Å². The molecule has 0 bridgehead atoms. The highest BCUT2D eigenvalue weighted by Crippen LogP contribution is 2.21. The smallest absolute Gasteiger partial charge is 0.307 e. The molecule has 108 valence electrons. The molecule has 1 saturated heterocycles. The fourth-order valence-corrected chi connectivity index (χ4v) is 2.50. The van der Waals surface area contributed by atoms with Crippen molar-refractivity contribution in [2.45, 2.75) is 31.7 Å². The van der Waals surface area contributed by atoms with Crippen LogP contribution in [0.15, 0.2) is 23.1 Å². The Morgan fingerprint density at radius 1 is 1.45 bits per heavy atom. The van der Waals surface area contributed by atoms with Gasteiger partial charge in [0.1, 0.15) is 5.56 Å². The summed E-state index contributed by atoms with van der Waals surface area (Å²) < 4.78 is 4.67. The van der Waals surface area contributed by atoms with Gasteiger partial charge in [0.25, 0.3) is 11.5 Å². The standard InChI is InChI=1S/C14H18N2O4/c1-20-12(17)9-10-5-2-3-8-16(10)14(19)11-6-4-7-15-13(11)18/h4,6-7,10H,2-3,5,8-9H2,1H3,(H,15,18). The van der Waals surface area contributed by atoms with Crippen LogP contribution in [0.5, 0.6) is 0 Å². The molecule has 0 aliphatic carbocycles. The largest absolute Gasteiger partial charge is 0.469 e. The Kier molecular flexibility index (Phi) is 4.55. The summed E-state index contributed by atoms with van der Waals surface area (Å²) in [7, 11) is 1.33. The molecule has 0 radical (unpaired) electrons. The van der Waals surface area contributed by atoms with Crippen molar-refractivity contribution in [3.8, 4) is 0 Å². The quantitative estimate of drug-likeness (QED) is 0.834. The minimum Gasteiger partial charge on any atom is -0.469 e. The summed E-state index contributed by atoms with van der Waals surface area (Å²) in [4.78, 5) is 39.7. The van der Waals surface area contributed by atoms with Crippen LogP contribution in [0.3, 0.4) is 0 Å². The van der Waals surface area contributed by atoms with Crippen molar-refractivity contribution in [2.75, 3.05) is 13.7 Å². The lowest BCUT2D eigenvalue weighted by Crippen LogP contribution is -2.46. The summed E-state index contributed by atoms with van der Waals surface area (Å²) in [5.41, 5.74) is -0.288. The second kappa shape index (κ2) is 6.36. The number of methoxy groups -OCH3 is 1. The van der Waals surface area contributed by atoms with E-state index in [0.29, 0.717) is 6.54 Å². The summed E-state index contributed by atoms with van der Waals surface area (Å²) in [5, 5.41) is 0. The first-order valence-electron chi connectivity index (χ1n) is 6.69. The van der Waals surface area contributed by atoms with Crippen LogP contribution < -0.4 is 5.56 Å². The molecule has 0 saturated carbocycles. The van der Waals surface area contributed by atoms with Crippen LogP contribution in [0, 0.1) is 0 Å². The summed E-state index contributed by atoms with van der Waals surface area (Å²) in [5.74, 6) is -0.655. The zero-order valence-electron chi connectivity index (χ0n) is 11.4. The molecule has 1 amide bonds. The molecular weight excluding hydrogens is 260 g/mol. The molecule has 1 aliphatic heterocycles. The molecule has 1 fully saturated rings. The number of esters is 1. The van der Waals surface area contributed by atoms with Crippen LogP contribution in [-0.2, 0) is 9.53 Å². The number of hydrogen-bond donors (Lipinski definition) is 1. The number of aromatic nitrogens is 1. The zero-order valence-corrected chi connectivity index (χ0v) is 11.4. The molecule has 6 nitrogen and oxygen atoms in total. The number of nitrogens with zero attached hydrogens (tertiary/aromatic N) is 1. The zero-order chi connectivity index (χ0) is 14.5. The van der Waals surface area contributed by atoms with E-state index in [1.165, 1.54) is 19.4 Å². The van der Waals surface area contributed by atoms with Gasteiger partial charge >= 0.3 is 5.97 Å². The predicted molar refractivity (Wildman–Crippen MR) is 72.4 cm³/mol. The minimum atomic E-state index is -0.403. The number of nitrogens with one attached hydrogen (secondary N) is 1. The molecule has 2 heterocycles. The van der Waals surface area contributed by atoms with Crippen LogP contribution in [-0.4, -0.2) is 41.5 Å². The Morgan fingerprint density at radius 3 is 2.95 bits per heavy atom. The Labute approximate surface area is 116 Å². The van der Waals surface area contributed by atoms with Gasteiger partial charge in [0.15, 0.2) is 0 Å². The van der Waals surface area contributed by atoms with Gasteiger partial charge in [0, 0.05) is 18.8 Å². The van der Waals surface area contributed by atoms with Crippen molar-refractivity contribution in [1.29, 1.82) is 0 Å². The monoisotopic (exact) mass is 278 g/mol. The van der Waals surface area contributed by atoms with Gasteiger partial charge in [-0.15, -0.1) is 0 Å². The van der Waals surface area contributed by atoms with Crippen molar-refractivity contribution in [2.24, 2.45) is 0 Å². The lowest BCUT2D eigenvalue weighted by atomic mass is 9.98. The first kappa shape index (κ1) is 14.3. The number of ether oxygens (including phenoxy) is 1. The third-order valence-corrected chi connectivity index (χ3v) is 3.57. The Balaban J connectivity index is 2.19. The maximum absolute atomic E-state index is 12.5. The van der Waals surface area contributed by atoms with Crippen LogP contribution >= 0.6 is 0 Å². The van der Waals surface area contributed by atoms with E-state index in [1.54, 1.807) is 11.0 Å². The highest BCUT2D eigenvalue weighted by atomic mass is 16.5. The van der Waals surface area contributed by atoms with Gasteiger partial charge in [-0.2, -0.15) is 0 Å². The Bertz CT molecular complexity index is 552. The number of carbonyl (C=O) groups is 2. The van der Waals surface area contributed by atoms with Gasteiger partial charge in [-0.25, -0.2) is 0 Å². The molecule has 1 unspecified atom stereocenters. The van der Waals surface area contributed by atoms with E-state index < -0.39 is 5.56 Å². The summed E-state index contributed by atoms with van der Waals surface area (Å²) >= 11 is 0. The first-order chi connectivity index (χ1) is 9.63. The van der Waals surface area contributed by atoms with Crippen LogP contribution in [0.2, 0.25) is 0 Å². The second-order valence-corrected chi connectivity index (χ2v) is 4.84. The maximum Gasteiger partial charge on any atom is 0.307 e. The molecule has 0 aromatic carbocycles. The molecular formula is C14H18N2O4. The normalized spacial score (nSPS) is 18.6. The van der Waals surface area contributed by atoms with E-state index in [4.69, 9.17) is 0 Å². The third kappa shape index (κ3) is 3.07. The molecule has 20 heavy (non-hydrogen) atoms. The van der Waals surface area contributed by atoms with Crippen molar-refractivity contribution in [3.05, 3.63) is 34.2 Å². The number of likely N-dealkylation sites (tertiary alicyclic amines) is 1. The highest BCUT2D eigenvalue weighted by molar-refractivity contribution is 5.94. The number of H-pyrrole nitrogens is 1. The number of amides is 1. The summed E-state index contributed by atoms with van der Waals surface area (Å²) in [6, 6.07) is 2.93. The van der Waals surface area contributed by atoms with Crippen molar-refractivity contribution in [1.82, 2.24) is 9.88 Å². The molecule has 6 heteroatoms. The fraction of sp³-hybridized carbons (Fsp3) is 0.500. The van der Waals surface area contributed by atoms with Gasteiger partial charge in [0.05, 0.1) is 13.5 Å². The SMILES string of the molecule is COC(=O)CC1CCCCN1C(=O)c1ccc[nH]c1=O. The second-order valence-electron chi connectivity index (χ2n) is 4.84. The molecule has 1 N–H and O–H groups in total. The number of aromatic amines is 1. The minimum absolute atomic E-state index is 0.115. The summed E-state index contributed by atoms with van der Waals surface area (Å²) in [6.45, 7) is 0.564. The average molecular weight is 278 g/mol. The average Bonchev–Trinajstić information content (AvgIpc) is 2.47. The number of piperidine rings is 1. The van der Waals surface area contributed by atoms with Gasteiger partial charge in [-0.05, 0) is 31.4 Å². The molecule has 2 rings (SSSR count). The Hall–Kier alpha value is -2.11. The topological polar surface area (TPSA) is 79.5 Å². The van der Waals surface area contributed by atoms with E-state index in [0.717, 1.165) is 19.3 Å². The lowest BCUT2D eigenvalue weighted by Gasteiger charge is -2.35. The Morgan fingerprint density at radius 2 is 2.25 bits per heavy atom. The predicted octanol–water partition coefficient (Wildman–Crippen LogP) is 0.933. The van der Waals surface area contributed by atoms with Crippen LogP contribution in [0.1, 0.15) is 36.0 Å². The fourth-order valence-electron chi connectivity index (χ4n) is 2.50. The van der Waals surface area contributed by atoms with E-state index in [-0.39, 0.29) is 29.9 Å². The maximum atomic E-state index is 12.5. The number of hydrogen-bond acceptors (Lipinski definition) is 4. The number of pyridine rings is 1. The van der Waals surface area contributed by atoms with Crippen molar-refractivity contribution < 1.29 is 14.3 Å². The molecule has 1 aliphatic rings. The van der Waals surface area contributed by atoms with Crippen molar-refractivity contribution in [3.63, 3.8) is 0 Å². The van der Waals surface area contributed by atoms with Gasteiger partial charge in [-0.1, -0.05) is 0 Å². The van der Waals surface area contributed by atoms with E-state index in [9.17, 15) is 14.4 Å². The van der Waals surface area contributed by atoms with Gasteiger partial charge < -0.3 is 14.6 Å². The number of rotatable bonds is 3. The number of carbonyl (C=O) groups excluding carboxylic acids is 2. The first-order valence-corrected chi connectivity index (χ1v) is 6.69. The molecule has 1 atom stereocenters. The molecule has 1 aromatic rings. The van der Waals surface area contributed by atoms with Gasteiger partial charge in [0.2, 0.25) is 0 Å². The summed E-state index contributed by atoms with van der Waals surface area (Å²) in [6.07, 6.45) is 4.27. The molecule has 0 spiro atoms. The third-order valence-electron chi connectivity index (χ3n) is 3.57. The van der Waals surface area contributed by atoms with Crippen LogP contribution in [0.25, 0.3) is 0 Å². The van der Waals surface area contributed by atoms with E-state index in [2.05, 4.69) is 9.72 Å². The highest BCUT2D eigenvalue weighted by Gasteiger charge is 2.30. The van der Waals surface area contributed by atoms with E-state index in [1.807, 2.05) is 0 Å². The molecule has 1 aromatic heterocycles. The van der Waals surface area contributed by atoms with E-state index >= 15 is 0 Å². The van der Waals surface area contributed by atoms with Crippen LogP contribution in [0.4, 0.5) is 0 Å². The lowest BCUT2D eigenvalue weighted by molar-refractivity contribution is -0.142.